The van der Waals surface area contributed by atoms with Gasteiger partial charge in [0.2, 0.25) is 11.8 Å². The number of aromatic nitrogens is 1. The zero-order chi connectivity index (χ0) is 32.5. The molecular weight excluding hydrogens is 574 g/mol. The summed E-state index contributed by atoms with van der Waals surface area (Å²) in [6.45, 7) is 9.18. The van der Waals surface area contributed by atoms with E-state index in [4.69, 9.17) is 9.72 Å². The molecule has 5 bridgehead atoms. The molecule has 1 saturated heterocycles. The maximum atomic E-state index is 14.1. The Morgan fingerprint density at radius 2 is 1.73 bits per heavy atom. The molecule has 1 saturated carbocycles. The Hall–Kier alpha value is -3.83. The zero-order valence-corrected chi connectivity index (χ0v) is 26.8. The van der Waals surface area contributed by atoms with Crippen molar-refractivity contribution < 1.29 is 29.0 Å². The summed E-state index contributed by atoms with van der Waals surface area (Å²) in [7, 11) is 0. The Balaban J connectivity index is 1.54. The van der Waals surface area contributed by atoms with E-state index in [9.17, 15) is 24.3 Å². The molecule has 1 aromatic heterocycles. The van der Waals surface area contributed by atoms with Gasteiger partial charge < -0.3 is 20.5 Å². The number of rotatable bonds is 1. The number of esters is 1. The lowest BCUT2D eigenvalue weighted by atomic mass is 9.68. The van der Waals surface area contributed by atoms with Crippen molar-refractivity contribution in [1.82, 2.24) is 26.1 Å². The number of carbonyl (C=O) groups is 4. The number of hydrogen-bond donors (Lipinski definition) is 4. The van der Waals surface area contributed by atoms with E-state index in [1.54, 1.807) is 20.8 Å². The van der Waals surface area contributed by atoms with Crippen molar-refractivity contribution in [2.75, 3.05) is 6.54 Å². The third-order valence-electron chi connectivity index (χ3n) is 9.42. The van der Waals surface area contributed by atoms with E-state index in [0.29, 0.717) is 56.3 Å². The molecule has 3 aliphatic rings. The van der Waals surface area contributed by atoms with E-state index in [1.807, 2.05) is 56.3 Å². The number of carbonyl (C=O) groups excluding carboxylic acids is 4. The van der Waals surface area contributed by atoms with E-state index in [0.717, 1.165) is 10.9 Å². The lowest BCUT2D eigenvalue weighted by Crippen LogP contribution is -2.61. The molecular formula is C34H45N5O6. The highest BCUT2D eigenvalue weighted by Gasteiger charge is 2.44. The van der Waals surface area contributed by atoms with Crippen LogP contribution in [0.25, 0.3) is 17.0 Å². The highest BCUT2D eigenvalue weighted by molar-refractivity contribution is 5.94. The molecule has 0 unspecified atom stereocenters. The molecule has 3 heterocycles. The van der Waals surface area contributed by atoms with Crippen LogP contribution in [0.3, 0.4) is 0 Å². The first kappa shape index (κ1) is 32.6. The topological polar surface area (TPSA) is 150 Å². The highest BCUT2D eigenvalue weighted by atomic mass is 16.5. The molecule has 0 radical (unpaired) electrons. The number of hydrazine groups is 1. The zero-order valence-electron chi connectivity index (χ0n) is 26.8. The fraction of sp³-hybridized carbons (Fsp3) is 0.559. The van der Waals surface area contributed by atoms with Crippen molar-refractivity contribution >= 4 is 40.7 Å². The minimum atomic E-state index is -0.949. The van der Waals surface area contributed by atoms with Gasteiger partial charge in [0.15, 0.2) is 0 Å². The predicted octanol–water partition coefficient (Wildman–Crippen LogP) is 3.32. The van der Waals surface area contributed by atoms with Gasteiger partial charge in [0.1, 0.15) is 24.2 Å². The quantitative estimate of drug-likeness (QED) is 0.355. The second-order valence-corrected chi connectivity index (χ2v) is 13.5. The number of hydrogen-bond acceptors (Lipinski definition) is 8. The maximum Gasteiger partial charge on any atom is 0.325 e. The van der Waals surface area contributed by atoms with Gasteiger partial charge in [-0.25, -0.2) is 10.4 Å². The molecule has 1 aliphatic carbocycles. The monoisotopic (exact) mass is 619 g/mol. The smallest absolute Gasteiger partial charge is 0.325 e. The van der Waals surface area contributed by atoms with Gasteiger partial charge in [-0.15, -0.1) is 0 Å². The average Bonchev–Trinajstić information content (AvgIpc) is 3.01. The van der Waals surface area contributed by atoms with Gasteiger partial charge in [-0.1, -0.05) is 44.2 Å². The lowest BCUT2D eigenvalue weighted by molar-refractivity contribution is -0.157. The van der Waals surface area contributed by atoms with Crippen LogP contribution in [0.15, 0.2) is 36.4 Å². The molecule has 2 aliphatic heterocycles. The van der Waals surface area contributed by atoms with Crippen molar-refractivity contribution in [2.24, 2.45) is 11.3 Å². The van der Waals surface area contributed by atoms with Crippen molar-refractivity contribution in [3.05, 3.63) is 47.7 Å². The summed E-state index contributed by atoms with van der Waals surface area (Å²) >= 11 is 0. The van der Waals surface area contributed by atoms with E-state index >= 15 is 0 Å². The molecule has 2 fully saturated rings. The molecule has 11 nitrogen and oxygen atoms in total. The number of pyridine rings is 1. The summed E-state index contributed by atoms with van der Waals surface area (Å²) in [4.78, 5) is 58.9. The maximum absolute atomic E-state index is 14.1. The number of nitrogens with one attached hydrogen (secondary N) is 3. The molecule has 4 atom stereocenters. The second-order valence-electron chi connectivity index (χ2n) is 13.5. The first-order valence-corrected chi connectivity index (χ1v) is 16.0. The molecule has 2 aromatic rings. The summed E-state index contributed by atoms with van der Waals surface area (Å²) in [6.07, 6.45) is 5.90. The van der Waals surface area contributed by atoms with E-state index < -0.39 is 53.0 Å². The van der Waals surface area contributed by atoms with Gasteiger partial charge >= 0.3 is 5.97 Å². The van der Waals surface area contributed by atoms with Gasteiger partial charge in [-0.05, 0) is 82.9 Å². The molecule has 1 aromatic carbocycles. The first-order valence-electron chi connectivity index (χ1n) is 16.0. The Kier molecular flexibility index (Phi) is 9.32. The van der Waals surface area contributed by atoms with Crippen LogP contribution >= 0.6 is 0 Å². The van der Waals surface area contributed by atoms with Gasteiger partial charge in [-0.2, -0.15) is 0 Å². The second kappa shape index (κ2) is 12.9. The summed E-state index contributed by atoms with van der Waals surface area (Å²) < 4.78 is 5.79. The minimum Gasteiger partial charge on any atom is -0.455 e. The molecule has 11 heteroatoms. The number of aliphatic hydroxyl groups is 1. The molecule has 3 amide bonds. The van der Waals surface area contributed by atoms with Crippen LogP contribution in [-0.2, 0) is 23.9 Å². The van der Waals surface area contributed by atoms with Crippen molar-refractivity contribution in [3.8, 4) is 0 Å². The van der Waals surface area contributed by atoms with Crippen molar-refractivity contribution in [2.45, 2.75) is 103 Å². The van der Waals surface area contributed by atoms with Crippen LogP contribution in [0.2, 0.25) is 0 Å². The number of nitrogens with zero attached hydrogens (tertiary/aromatic N) is 2. The summed E-state index contributed by atoms with van der Waals surface area (Å²) in [5.74, 6) is -1.90. The van der Waals surface area contributed by atoms with Gasteiger partial charge in [0.25, 0.3) is 5.91 Å². The summed E-state index contributed by atoms with van der Waals surface area (Å²) in [6, 6.07) is 7.06. The predicted molar refractivity (Wildman–Crippen MR) is 169 cm³/mol. The fourth-order valence-corrected chi connectivity index (χ4v) is 6.29. The van der Waals surface area contributed by atoms with Crippen LogP contribution in [0.4, 0.5) is 0 Å². The van der Waals surface area contributed by atoms with Crippen LogP contribution in [0.5, 0.6) is 0 Å². The fourth-order valence-electron chi connectivity index (χ4n) is 6.29. The number of amides is 3. The molecule has 1 spiro atoms. The minimum absolute atomic E-state index is 0.263. The Labute approximate surface area is 264 Å². The Bertz CT molecular complexity index is 1490. The number of ether oxygens (including phenoxy) is 1. The number of fused-ring (bicyclic) bond motifs is 4. The van der Waals surface area contributed by atoms with E-state index in [1.165, 1.54) is 5.01 Å². The SMILES string of the molecule is CC(C)[C@@H]1NC(=O)[C@]2(/C=C/c3ccc4ccc(nc4c3)[C@@H](C)OC(=O)[C@@H]3CCCN(N3)C(=O)[C@H](C)NC1=O)CC[C@@](C)(O)CC2. The number of benzene rings is 1. The van der Waals surface area contributed by atoms with Gasteiger partial charge in [-0.3, -0.25) is 24.2 Å². The molecule has 45 heavy (non-hydrogen) atoms. The van der Waals surface area contributed by atoms with Crippen LogP contribution in [0.1, 0.15) is 90.5 Å². The van der Waals surface area contributed by atoms with E-state index in [-0.39, 0.29) is 11.8 Å². The van der Waals surface area contributed by atoms with Crippen LogP contribution < -0.4 is 16.1 Å². The largest absolute Gasteiger partial charge is 0.455 e. The highest BCUT2D eigenvalue weighted by Crippen LogP contribution is 2.43. The summed E-state index contributed by atoms with van der Waals surface area (Å²) in [5, 5.41) is 18.8. The average molecular weight is 620 g/mol. The van der Waals surface area contributed by atoms with Crippen molar-refractivity contribution in [1.29, 1.82) is 0 Å². The van der Waals surface area contributed by atoms with Crippen LogP contribution in [0, 0.1) is 11.3 Å². The van der Waals surface area contributed by atoms with Crippen molar-refractivity contribution in [3.63, 3.8) is 0 Å². The van der Waals surface area contributed by atoms with Crippen LogP contribution in [-0.4, -0.2) is 69.1 Å². The lowest BCUT2D eigenvalue weighted by Gasteiger charge is -2.41. The Morgan fingerprint density at radius 3 is 2.44 bits per heavy atom. The third-order valence-corrected chi connectivity index (χ3v) is 9.42. The first-order chi connectivity index (χ1) is 21.3. The summed E-state index contributed by atoms with van der Waals surface area (Å²) in [5.41, 5.74) is 3.30. The van der Waals surface area contributed by atoms with E-state index in [2.05, 4.69) is 16.1 Å². The molecule has 242 valence electrons. The normalized spacial score (nSPS) is 32.7. The molecule has 5 rings (SSSR count). The Morgan fingerprint density at radius 1 is 1.02 bits per heavy atom. The third kappa shape index (κ3) is 7.20. The standard InChI is InChI=1S/C34H45N5O6/c1-20(2)28-29(40)35-21(3)30(41)39-18-6-7-26(38-39)31(42)45-22(4)25-11-10-24-9-8-23(19-27(24)36-25)12-13-34(32(43)37-28)16-14-33(5,44)15-17-34/h8-13,19-22,26,28,38,44H,6-7,14-18H2,1-5H3,(H,35,40)(H,37,43)/b13-12+/t21-,22+,26-,28-,33-,34-/m0/s1. The number of cyclic esters (lactones) is 1. The van der Waals surface area contributed by atoms with Gasteiger partial charge in [0.05, 0.1) is 22.2 Å². The molecule has 4 N–H and O–H groups in total. The van der Waals surface area contributed by atoms with Gasteiger partial charge in [0, 0.05) is 11.9 Å².